The van der Waals surface area contributed by atoms with E-state index in [0.29, 0.717) is 0 Å². The molecular formula is C12H13N7. The van der Waals surface area contributed by atoms with Crippen molar-refractivity contribution in [3.05, 3.63) is 42.4 Å². The summed E-state index contributed by atoms with van der Waals surface area (Å²) >= 11 is 0. The third kappa shape index (κ3) is 2.36. The summed E-state index contributed by atoms with van der Waals surface area (Å²) in [6, 6.07) is 9.93. The molecule has 7 heteroatoms. The molecule has 0 atom stereocenters. The van der Waals surface area contributed by atoms with Gasteiger partial charge in [0.25, 0.3) is 0 Å². The van der Waals surface area contributed by atoms with Gasteiger partial charge in [-0.05, 0) is 35.7 Å². The fourth-order valence-electron chi connectivity index (χ4n) is 1.88. The van der Waals surface area contributed by atoms with Crippen LogP contribution in [0, 0.1) is 0 Å². The van der Waals surface area contributed by atoms with E-state index in [1.807, 2.05) is 37.4 Å². The topological polar surface area (TPSA) is 84.3 Å². The molecule has 19 heavy (non-hydrogen) atoms. The molecule has 0 aliphatic heterocycles. The summed E-state index contributed by atoms with van der Waals surface area (Å²) < 4.78 is 1.62. The molecule has 0 bridgehead atoms. The van der Waals surface area contributed by atoms with Crippen LogP contribution in [0.3, 0.4) is 0 Å². The van der Waals surface area contributed by atoms with Crippen molar-refractivity contribution in [3.8, 4) is 16.9 Å². The Kier molecular flexibility index (Phi) is 3.03. The molecule has 0 saturated heterocycles. The van der Waals surface area contributed by atoms with E-state index in [9.17, 15) is 0 Å². The van der Waals surface area contributed by atoms with E-state index in [4.69, 9.17) is 0 Å². The lowest BCUT2D eigenvalue weighted by atomic mass is 10.1. The lowest BCUT2D eigenvalue weighted by Crippen LogP contribution is -2.04. The third-order valence-corrected chi connectivity index (χ3v) is 2.75. The Bertz CT molecular complexity index is 656. The van der Waals surface area contributed by atoms with Crippen molar-refractivity contribution in [1.82, 2.24) is 35.7 Å². The van der Waals surface area contributed by atoms with Crippen LogP contribution in [0.1, 0.15) is 5.69 Å². The quantitative estimate of drug-likeness (QED) is 0.719. The van der Waals surface area contributed by atoms with Gasteiger partial charge in [-0.3, -0.25) is 5.10 Å². The minimum atomic E-state index is 0.764. The molecule has 0 unspecified atom stereocenters. The van der Waals surface area contributed by atoms with Crippen LogP contribution in [0.15, 0.2) is 36.7 Å². The highest BCUT2D eigenvalue weighted by molar-refractivity contribution is 5.62. The first kappa shape index (κ1) is 11.5. The summed E-state index contributed by atoms with van der Waals surface area (Å²) in [5.41, 5.74) is 3.87. The van der Waals surface area contributed by atoms with Crippen LogP contribution >= 0.6 is 0 Å². The molecule has 2 aromatic heterocycles. The van der Waals surface area contributed by atoms with Crippen molar-refractivity contribution >= 4 is 0 Å². The first-order valence-corrected chi connectivity index (χ1v) is 5.89. The van der Waals surface area contributed by atoms with Crippen molar-refractivity contribution in [2.45, 2.75) is 6.54 Å². The Hall–Kier alpha value is -2.54. The average molecular weight is 255 g/mol. The van der Waals surface area contributed by atoms with Crippen molar-refractivity contribution in [3.63, 3.8) is 0 Å². The molecule has 7 nitrogen and oxygen atoms in total. The van der Waals surface area contributed by atoms with Gasteiger partial charge in [0.1, 0.15) is 6.33 Å². The predicted octanol–water partition coefficient (Wildman–Crippen LogP) is 0.772. The second-order valence-corrected chi connectivity index (χ2v) is 4.11. The fourth-order valence-corrected chi connectivity index (χ4v) is 1.88. The van der Waals surface area contributed by atoms with Crippen LogP contribution in [0.25, 0.3) is 16.9 Å². The molecular weight excluding hydrogens is 242 g/mol. The van der Waals surface area contributed by atoms with E-state index in [2.05, 4.69) is 31.0 Å². The van der Waals surface area contributed by atoms with Gasteiger partial charge in [0, 0.05) is 17.8 Å². The van der Waals surface area contributed by atoms with E-state index < -0.39 is 0 Å². The second-order valence-electron chi connectivity index (χ2n) is 4.11. The Morgan fingerprint density at radius 2 is 2.26 bits per heavy atom. The molecule has 2 N–H and O–H groups in total. The molecule has 0 spiro atoms. The van der Waals surface area contributed by atoms with Crippen molar-refractivity contribution in [2.75, 3.05) is 7.05 Å². The number of hydrogen-bond donors (Lipinski definition) is 2. The van der Waals surface area contributed by atoms with E-state index in [-0.39, 0.29) is 0 Å². The fraction of sp³-hybridized carbons (Fsp3) is 0.167. The zero-order valence-electron chi connectivity index (χ0n) is 10.4. The minimum absolute atomic E-state index is 0.764. The number of tetrazole rings is 1. The predicted molar refractivity (Wildman–Crippen MR) is 69.5 cm³/mol. The molecule has 96 valence electrons. The maximum atomic E-state index is 4.30. The summed E-state index contributed by atoms with van der Waals surface area (Å²) in [5.74, 6) is 0. The van der Waals surface area contributed by atoms with Crippen LogP contribution in [-0.4, -0.2) is 37.5 Å². The average Bonchev–Trinajstić information content (AvgIpc) is 3.11. The monoisotopic (exact) mass is 255 g/mol. The smallest absolute Gasteiger partial charge is 0.143 e. The lowest BCUT2D eigenvalue weighted by molar-refractivity contribution is 0.784. The molecule has 0 aliphatic rings. The summed E-state index contributed by atoms with van der Waals surface area (Å²) in [4.78, 5) is 0. The Morgan fingerprint density at radius 1 is 1.32 bits per heavy atom. The highest BCUT2D eigenvalue weighted by Crippen LogP contribution is 2.20. The number of aromatic nitrogens is 6. The van der Waals surface area contributed by atoms with E-state index in [1.54, 1.807) is 11.0 Å². The number of rotatable bonds is 4. The maximum absolute atomic E-state index is 4.30. The highest BCUT2D eigenvalue weighted by Gasteiger charge is 2.05. The number of nitrogens with one attached hydrogen (secondary N) is 2. The minimum Gasteiger partial charge on any atom is -0.314 e. The van der Waals surface area contributed by atoms with Gasteiger partial charge in [-0.15, -0.1) is 5.10 Å². The summed E-state index contributed by atoms with van der Waals surface area (Å²) in [6.07, 6.45) is 1.57. The second kappa shape index (κ2) is 4.99. The standard InChI is InChI=1S/C12H13N7/c1-13-7-10-6-12(16-15-10)9-3-2-4-11(5-9)19-8-14-17-18-19/h2-6,8,13H,7H2,1H3,(H,15,16). The van der Waals surface area contributed by atoms with Crippen LogP contribution in [0.2, 0.25) is 0 Å². The van der Waals surface area contributed by atoms with E-state index >= 15 is 0 Å². The third-order valence-electron chi connectivity index (χ3n) is 2.75. The van der Waals surface area contributed by atoms with Crippen molar-refractivity contribution < 1.29 is 0 Å². The molecule has 0 saturated carbocycles. The maximum Gasteiger partial charge on any atom is 0.143 e. The Morgan fingerprint density at radius 3 is 3.05 bits per heavy atom. The first-order chi connectivity index (χ1) is 9.36. The van der Waals surface area contributed by atoms with Crippen LogP contribution in [0.4, 0.5) is 0 Å². The van der Waals surface area contributed by atoms with Gasteiger partial charge in [0.15, 0.2) is 0 Å². The van der Waals surface area contributed by atoms with Crippen molar-refractivity contribution in [2.24, 2.45) is 0 Å². The Balaban J connectivity index is 1.94. The van der Waals surface area contributed by atoms with Gasteiger partial charge in [-0.2, -0.15) is 5.10 Å². The number of hydrogen-bond acceptors (Lipinski definition) is 5. The van der Waals surface area contributed by atoms with Gasteiger partial charge < -0.3 is 5.32 Å². The summed E-state index contributed by atoms with van der Waals surface area (Å²) in [6.45, 7) is 0.764. The normalized spacial score (nSPS) is 10.8. The van der Waals surface area contributed by atoms with Gasteiger partial charge in [-0.1, -0.05) is 12.1 Å². The molecule has 3 aromatic rings. The zero-order chi connectivity index (χ0) is 13.1. The van der Waals surface area contributed by atoms with E-state index in [0.717, 1.165) is 29.2 Å². The number of aromatic amines is 1. The van der Waals surface area contributed by atoms with Gasteiger partial charge in [0.2, 0.25) is 0 Å². The number of nitrogens with zero attached hydrogens (tertiary/aromatic N) is 5. The van der Waals surface area contributed by atoms with Crippen LogP contribution in [-0.2, 0) is 6.54 Å². The van der Waals surface area contributed by atoms with E-state index in [1.165, 1.54) is 0 Å². The van der Waals surface area contributed by atoms with Crippen LogP contribution in [0.5, 0.6) is 0 Å². The zero-order valence-corrected chi connectivity index (χ0v) is 10.4. The summed E-state index contributed by atoms with van der Waals surface area (Å²) in [5, 5.41) is 21.5. The summed E-state index contributed by atoms with van der Waals surface area (Å²) in [7, 11) is 1.90. The Labute approximate surface area is 109 Å². The molecule has 0 amide bonds. The SMILES string of the molecule is CNCc1cc(-c2cccc(-n3cnnn3)c2)n[nH]1. The van der Waals surface area contributed by atoms with Gasteiger partial charge >= 0.3 is 0 Å². The van der Waals surface area contributed by atoms with Gasteiger partial charge in [0.05, 0.1) is 11.4 Å². The molecule has 2 heterocycles. The molecule has 0 aliphatic carbocycles. The van der Waals surface area contributed by atoms with Crippen LogP contribution < -0.4 is 5.32 Å². The molecule has 0 fully saturated rings. The molecule has 0 radical (unpaired) electrons. The van der Waals surface area contributed by atoms with Crippen molar-refractivity contribution in [1.29, 1.82) is 0 Å². The molecule has 1 aromatic carbocycles. The number of benzene rings is 1. The highest BCUT2D eigenvalue weighted by atomic mass is 15.5. The first-order valence-electron chi connectivity index (χ1n) is 5.89. The largest absolute Gasteiger partial charge is 0.314 e. The molecule has 3 rings (SSSR count). The lowest BCUT2D eigenvalue weighted by Gasteiger charge is -2.01. The number of H-pyrrole nitrogens is 1. The van der Waals surface area contributed by atoms with Gasteiger partial charge in [-0.25, -0.2) is 4.68 Å².